The van der Waals surface area contributed by atoms with E-state index in [0.717, 1.165) is 6.20 Å². The number of alkyl halides is 2. The maximum atomic E-state index is 12.3. The van der Waals surface area contributed by atoms with Gasteiger partial charge in [0.05, 0.1) is 5.69 Å². The lowest BCUT2D eigenvalue weighted by Gasteiger charge is -2.03. The number of pyridine rings is 1. The van der Waals surface area contributed by atoms with Crippen molar-refractivity contribution in [1.82, 2.24) is 4.98 Å². The van der Waals surface area contributed by atoms with Crippen molar-refractivity contribution >= 4 is 16.8 Å². The SMILES string of the molecule is N#Cc1c[nH]c(C(F)F)c(C(=O)Cl)c1=O. The third kappa shape index (κ3) is 2.02. The van der Waals surface area contributed by atoms with Gasteiger partial charge in [0.1, 0.15) is 17.2 Å². The lowest BCUT2D eigenvalue weighted by atomic mass is 10.1. The number of nitriles is 1. The van der Waals surface area contributed by atoms with E-state index in [9.17, 15) is 18.4 Å². The van der Waals surface area contributed by atoms with Gasteiger partial charge in [-0.05, 0) is 11.6 Å². The molecule has 0 unspecified atom stereocenters. The van der Waals surface area contributed by atoms with E-state index in [4.69, 9.17) is 16.9 Å². The van der Waals surface area contributed by atoms with Gasteiger partial charge in [0.2, 0.25) is 5.43 Å². The maximum Gasteiger partial charge on any atom is 0.279 e. The number of rotatable bonds is 2. The third-order valence-corrected chi connectivity index (χ3v) is 1.84. The standard InChI is InChI=1S/C8H3ClF2N2O2/c9-7(15)4-5(8(10)11)13-2-3(1-12)6(4)14/h2,8H,(H,13,14). The summed E-state index contributed by atoms with van der Waals surface area (Å²) in [6, 6.07) is 1.46. The van der Waals surface area contributed by atoms with E-state index in [2.05, 4.69) is 0 Å². The van der Waals surface area contributed by atoms with Crippen LogP contribution in [0.5, 0.6) is 0 Å². The molecule has 1 N–H and O–H groups in total. The van der Waals surface area contributed by atoms with Crippen molar-refractivity contribution in [2.75, 3.05) is 0 Å². The molecule has 1 heterocycles. The molecule has 0 aromatic carbocycles. The monoisotopic (exact) mass is 232 g/mol. The van der Waals surface area contributed by atoms with Crippen molar-refractivity contribution in [3.63, 3.8) is 0 Å². The second-order valence-electron chi connectivity index (χ2n) is 2.51. The molecule has 0 aliphatic rings. The second kappa shape index (κ2) is 4.19. The first-order valence-corrected chi connectivity index (χ1v) is 4.00. The molecule has 0 saturated carbocycles. The van der Waals surface area contributed by atoms with Crippen LogP contribution in [-0.4, -0.2) is 10.2 Å². The Hall–Kier alpha value is -1.74. The fourth-order valence-corrected chi connectivity index (χ4v) is 1.18. The Morgan fingerprint density at radius 2 is 2.20 bits per heavy atom. The van der Waals surface area contributed by atoms with Crippen LogP contribution in [0.2, 0.25) is 0 Å². The summed E-state index contributed by atoms with van der Waals surface area (Å²) in [6.07, 6.45) is -2.23. The molecule has 0 saturated heterocycles. The number of nitrogens with zero attached hydrogens (tertiary/aromatic N) is 1. The number of carbonyl (C=O) groups excluding carboxylic acids is 1. The Morgan fingerprint density at radius 1 is 1.60 bits per heavy atom. The Bertz CT molecular complexity index is 504. The zero-order chi connectivity index (χ0) is 11.6. The minimum Gasteiger partial charge on any atom is -0.358 e. The first-order valence-electron chi connectivity index (χ1n) is 3.62. The van der Waals surface area contributed by atoms with E-state index in [-0.39, 0.29) is 0 Å². The summed E-state index contributed by atoms with van der Waals surface area (Å²) in [5.41, 5.74) is -3.29. The summed E-state index contributed by atoms with van der Waals surface area (Å²) in [6.45, 7) is 0. The largest absolute Gasteiger partial charge is 0.358 e. The topological polar surface area (TPSA) is 73.7 Å². The van der Waals surface area contributed by atoms with Crippen molar-refractivity contribution in [1.29, 1.82) is 5.26 Å². The third-order valence-electron chi connectivity index (χ3n) is 1.65. The van der Waals surface area contributed by atoms with Crippen LogP contribution >= 0.6 is 11.6 Å². The van der Waals surface area contributed by atoms with E-state index in [1.807, 2.05) is 4.98 Å². The smallest absolute Gasteiger partial charge is 0.279 e. The molecule has 78 valence electrons. The van der Waals surface area contributed by atoms with Crippen LogP contribution in [-0.2, 0) is 0 Å². The van der Waals surface area contributed by atoms with Gasteiger partial charge in [-0.25, -0.2) is 8.78 Å². The molecule has 0 aliphatic heterocycles. The lowest BCUT2D eigenvalue weighted by Crippen LogP contribution is -2.19. The van der Waals surface area contributed by atoms with Gasteiger partial charge in [-0.2, -0.15) is 5.26 Å². The van der Waals surface area contributed by atoms with Gasteiger partial charge >= 0.3 is 0 Å². The number of halogens is 3. The molecular formula is C8H3ClF2N2O2. The number of nitrogens with one attached hydrogen (secondary N) is 1. The highest BCUT2D eigenvalue weighted by Crippen LogP contribution is 2.19. The van der Waals surface area contributed by atoms with E-state index < -0.39 is 33.9 Å². The predicted octanol–water partition coefficient (Wildman–Crippen LogP) is 1.56. The summed E-state index contributed by atoms with van der Waals surface area (Å²) in [4.78, 5) is 24.0. The molecule has 1 rings (SSSR count). The number of carbonyl (C=O) groups is 1. The quantitative estimate of drug-likeness (QED) is 0.787. The van der Waals surface area contributed by atoms with E-state index in [1.54, 1.807) is 0 Å². The summed E-state index contributed by atoms with van der Waals surface area (Å²) in [7, 11) is 0. The molecule has 0 fully saturated rings. The number of H-pyrrole nitrogens is 1. The van der Waals surface area contributed by atoms with Crippen LogP contribution in [0, 0.1) is 11.3 Å². The summed E-state index contributed by atoms with van der Waals surface area (Å²) in [5.74, 6) is 0. The van der Waals surface area contributed by atoms with E-state index >= 15 is 0 Å². The van der Waals surface area contributed by atoms with Crippen LogP contribution in [0.3, 0.4) is 0 Å². The van der Waals surface area contributed by atoms with E-state index in [1.165, 1.54) is 6.07 Å². The van der Waals surface area contributed by atoms with Gasteiger partial charge in [0, 0.05) is 6.20 Å². The van der Waals surface area contributed by atoms with Gasteiger partial charge < -0.3 is 4.98 Å². The van der Waals surface area contributed by atoms with Crippen molar-refractivity contribution in [2.24, 2.45) is 0 Å². The maximum absolute atomic E-state index is 12.3. The molecule has 0 aliphatic carbocycles. The molecule has 0 spiro atoms. The number of hydrogen-bond acceptors (Lipinski definition) is 3. The zero-order valence-corrected chi connectivity index (χ0v) is 7.81. The van der Waals surface area contributed by atoms with Crippen LogP contribution in [0.15, 0.2) is 11.0 Å². The first kappa shape index (κ1) is 11.3. The zero-order valence-electron chi connectivity index (χ0n) is 7.05. The Morgan fingerprint density at radius 3 is 2.60 bits per heavy atom. The van der Waals surface area contributed by atoms with Crippen LogP contribution in [0.1, 0.15) is 28.0 Å². The van der Waals surface area contributed by atoms with Gasteiger partial charge in [-0.1, -0.05) is 0 Å². The summed E-state index contributed by atoms with van der Waals surface area (Å²) >= 11 is 4.98. The second-order valence-corrected chi connectivity index (χ2v) is 2.85. The average Bonchev–Trinajstić information content (AvgIpc) is 2.16. The molecule has 0 atom stereocenters. The van der Waals surface area contributed by atoms with Crippen molar-refractivity contribution in [2.45, 2.75) is 6.43 Å². The highest BCUT2D eigenvalue weighted by atomic mass is 35.5. The predicted molar refractivity (Wildman–Crippen MR) is 46.9 cm³/mol. The van der Waals surface area contributed by atoms with Crippen molar-refractivity contribution in [3.8, 4) is 6.07 Å². The molecule has 0 amide bonds. The number of aromatic nitrogens is 1. The number of aromatic amines is 1. The van der Waals surface area contributed by atoms with Crippen molar-refractivity contribution in [3.05, 3.63) is 33.2 Å². The molecule has 15 heavy (non-hydrogen) atoms. The number of hydrogen-bond donors (Lipinski definition) is 1. The fourth-order valence-electron chi connectivity index (χ4n) is 0.995. The molecule has 1 aromatic rings. The van der Waals surface area contributed by atoms with Crippen LogP contribution < -0.4 is 5.43 Å². The summed E-state index contributed by atoms with van der Waals surface area (Å²) < 4.78 is 24.7. The normalized spacial score (nSPS) is 10.1. The molecule has 7 heteroatoms. The Kier molecular flexibility index (Phi) is 3.17. The molecule has 0 radical (unpaired) electrons. The highest BCUT2D eigenvalue weighted by molar-refractivity contribution is 6.67. The summed E-state index contributed by atoms with van der Waals surface area (Å²) in [5, 5.41) is 7.13. The highest BCUT2D eigenvalue weighted by Gasteiger charge is 2.22. The molecule has 1 aromatic heterocycles. The van der Waals surface area contributed by atoms with Crippen LogP contribution in [0.4, 0.5) is 8.78 Å². The Labute approximate surface area is 87.1 Å². The molecular weight excluding hydrogens is 230 g/mol. The van der Waals surface area contributed by atoms with Gasteiger partial charge in [0.15, 0.2) is 0 Å². The molecule has 4 nitrogen and oxygen atoms in total. The van der Waals surface area contributed by atoms with Crippen LogP contribution in [0.25, 0.3) is 0 Å². The van der Waals surface area contributed by atoms with Gasteiger partial charge in [0.25, 0.3) is 11.7 Å². The fraction of sp³-hybridized carbons (Fsp3) is 0.125. The van der Waals surface area contributed by atoms with Gasteiger partial charge in [-0.3, -0.25) is 9.59 Å². The minimum atomic E-state index is -3.04. The van der Waals surface area contributed by atoms with Gasteiger partial charge in [-0.15, -0.1) is 0 Å². The first-order chi connectivity index (χ1) is 6.99. The average molecular weight is 233 g/mol. The minimum absolute atomic E-state index is 0.441. The Balaban J connectivity index is 3.61. The lowest BCUT2D eigenvalue weighted by molar-refractivity contribution is 0.106. The van der Waals surface area contributed by atoms with E-state index in [0.29, 0.717) is 0 Å². The van der Waals surface area contributed by atoms with Crippen molar-refractivity contribution < 1.29 is 13.6 Å². The molecule has 0 bridgehead atoms.